The Balaban J connectivity index is -0.000000500. The summed E-state index contributed by atoms with van der Waals surface area (Å²) >= 11 is 0. The fourth-order valence-electron chi connectivity index (χ4n) is 0.501. The fraction of sp³-hybridized carbons (Fsp3) is 0.444. The van der Waals surface area contributed by atoms with E-state index < -0.39 is 6.09 Å². The fourth-order valence-corrected chi connectivity index (χ4v) is 0.501. The molecule has 0 spiro atoms. The van der Waals surface area contributed by atoms with Crippen LogP contribution in [0.1, 0.15) is 12.8 Å². The molecule has 0 saturated heterocycles. The van der Waals surface area contributed by atoms with Gasteiger partial charge in [-0.25, -0.2) is 4.79 Å². The van der Waals surface area contributed by atoms with Gasteiger partial charge in [-0.05, 0) is 0 Å². The third-order valence-electron chi connectivity index (χ3n) is 1.03. The van der Waals surface area contributed by atoms with Gasteiger partial charge in [-0.1, -0.05) is 19.1 Å². The van der Waals surface area contributed by atoms with Crippen molar-refractivity contribution in [3.8, 4) is 0 Å². The SMILES string of the molecule is C=CCOC(=O)NCCC[CH2-].[CH3-].[Y]. The van der Waals surface area contributed by atoms with E-state index in [1.807, 2.05) is 0 Å². The summed E-state index contributed by atoms with van der Waals surface area (Å²) in [5.41, 5.74) is 0. The zero-order chi connectivity index (χ0) is 8.53. The molecule has 1 radical (unpaired) electrons. The molecule has 0 aliphatic heterocycles. The molecule has 1 amide bonds. The smallest absolute Gasteiger partial charge is 0.407 e. The topological polar surface area (TPSA) is 38.3 Å². The molecule has 3 nitrogen and oxygen atoms in total. The van der Waals surface area contributed by atoms with E-state index in [1.165, 1.54) is 6.08 Å². The number of ether oxygens (including phenoxy) is 1. The zero-order valence-corrected chi connectivity index (χ0v) is 11.1. The Morgan fingerprint density at radius 2 is 2.23 bits per heavy atom. The van der Waals surface area contributed by atoms with Crippen LogP contribution in [0.3, 0.4) is 0 Å². The van der Waals surface area contributed by atoms with Crippen LogP contribution in [0.2, 0.25) is 0 Å². The number of amides is 1. The van der Waals surface area contributed by atoms with Gasteiger partial charge in [-0.2, -0.15) is 6.42 Å². The number of unbranched alkanes of at least 4 members (excludes halogenated alkanes) is 1. The Kier molecular flexibility index (Phi) is 21.2. The molecule has 0 aromatic heterocycles. The number of carbonyl (C=O) groups is 1. The second-order valence-corrected chi connectivity index (χ2v) is 2.02. The maximum Gasteiger partial charge on any atom is 0.407 e. The van der Waals surface area contributed by atoms with E-state index in [0.29, 0.717) is 6.54 Å². The molecular weight excluding hydrogens is 243 g/mol. The van der Waals surface area contributed by atoms with Crippen molar-refractivity contribution in [3.63, 3.8) is 0 Å². The number of alkyl carbamates (subject to hydrolysis) is 1. The van der Waals surface area contributed by atoms with Gasteiger partial charge in [0.15, 0.2) is 0 Å². The average Bonchev–Trinajstić information content (AvgIpc) is 2.01. The van der Waals surface area contributed by atoms with E-state index in [-0.39, 0.29) is 46.7 Å². The number of hydrogen-bond donors (Lipinski definition) is 1. The maximum atomic E-state index is 10.7. The number of hydrogen-bond acceptors (Lipinski definition) is 2. The van der Waals surface area contributed by atoms with Gasteiger partial charge in [0.05, 0.1) is 0 Å². The summed E-state index contributed by atoms with van der Waals surface area (Å²) in [5.74, 6) is 0. The van der Waals surface area contributed by atoms with Gasteiger partial charge >= 0.3 is 6.09 Å². The summed E-state index contributed by atoms with van der Waals surface area (Å²) in [5, 5.41) is 2.57. The van der Waals surface area contributed by atoms with E-state index in [0.717, 1.165) is 12.8 Å². The molecule has 0 fully saturated rings. The average molecular weight is 260 g/mol. The quantitative estimate of drug-likeness (QED) is 0.466. The Hall–Kier alpha value is 0.114. The van der Waals surface area contributed by atoms with Crippen molar-refractivity contribution < 1.29 is 42.2 Å². The molecule has 75 valence electrons. The van der Waals surface area contributed by atoms with Crippen molar-refractivity contribution in [1.29, 1.82) is 0 Å². The first-order valence-corrected chi connectivity index (χ1v) is 3.62. The Morgan fingerprint density at radius 3 is 2.69 bits per heavy atom. The first-order valence-electron chi connectivity index (χ1n) is 3.62. The molecular formula is C9H17NO2Y-2. The molecule has 1 N–H and O–H groups in total. The molecule has 0 heterocycles. The molecule has 0 atom stereocenters. The first-order chi connectivity index (χ1) is 5.31. The van der Waals surface area contributed by atoms with Crippen LogP contribution >= 0.6 is 0 Å². The molecule has 0 rings (SSSR count). The van der Waals surface area contributed by atoms with E-state index >= 15 is 0 Å². The van der Waals surface area contributed by atoms with Crippen LogP contribution < -0.4 is 5.32 Å². The van der Waals surface area contributed by atoms with Crippen LogP contribution in [0, 0.1) is 14.4 Å². The van der Waals surface area contributed by atoms with Crippen LogP contribution in [0.25, 0.3) is 0 Å². The summed E-state index contributed by atoms with van der Waals surface area (Å²) < 4.78 is 4.65. The summed E-state index contributed by atoms with van der Waals surface area (Å²) in [6.07, 6.45) is 2.84. The predicted octanol–water partition coefficient (Wildman–Crippen LogP) is 1.96. The summed E-state index contributed by atoms with van der Waals surface area (Å²) in [4.78, 5) is 10.7. The van der Waals surface area contributed by atoms with Crippen LogP contribution in [0.5, 0.6) is 0 Å². The molecule has 0 saturated carbocycles. The molecule has 0 bridgehead atoms. The molecule has 0 unspecified atom stereocenters. The monoisotopic (exact) mass is 260 g/mol. The molecule has 0 aliphatic carbocycles. The molecule has 0 aromatic rings. The third-order valence-corrected chi connectivity index (χ3v) is 1.03. The van der Waals surface area contributed by atoms with E-state index in [9.17, 15) is 4.79 Å². The minimum Gasteiger partial charge on any atom is -0.445 e. The zero-order valence-electron chi connectivity index (χ0n) is 8.21. The van der Waals surface area contributed by atoms with E-state index in [4.69, 9.17) is 0 Å². The normalized spacial score (nSPS) is 7.46. The number of rotatable bonds is 5. The molecule has 4 heteroatoms. The van der Waals surface area contributed by atoms with Crippen molar-refractivity contribution in [2.45, 2.75) is 12.8 Å². The third kappa shape index (κ3) is 14.9. The van der Waals surface area contributed by atoms with Gasteiger partial charge in [-0.15, -0.1) is 0 Å². The van der Waals surface area contributed by atoms with Crippen molar-refractivity contribution in [1.82, 2.24) is 5.32 Å². The van der Waals surface area contributed by atoms with Crippen LogP contribution in [0.4, 0.5) is 4.79 Å². The van der Waals surface area contributed by atoms with Crippen LogP contribution in [0.15, 0.2) is 12.7 Å². The van der Waals surface area contributed by atoms with Crippen LogP contribution in [-0.4, -0.2) is 19.2 Å². The van der Waals surface area contributed by atoms with Gasteiger partial charge in [0.25, 0.3) is 0 Å². The maximum absolute atomic E-state index is 10.7. The molecule has 0 aromatic carbocycles. The van der Waals surface area contributed by atoms with E-state index in [2.05, 4.69) is 23.6 Å². The summed E-state index contributed by atoms with van der Waals surface area (Å²) in [6, 6.07) is 0. The predicted molar refractivity (Wildman–Crippen MR) is 50.6 cm³/mol. The number of nitrogens with one attached hydrogen (secondary N) is 1. The second-order valence-electron chi connectivity index (χ2n) is 2.02. The number of carbonyl (C=O) groups excluding carboxylic acids is 1. The minimum atomic E-state index is -0.390. The summed E-state index contributed by atoms with van der Waals surface area (Å²) in [7, 11) is 0. The largest absolute Gasteiger partial charge is 0.445 e. The van der Waals surface area contributed by atoms with Crippen molar-refractivity contribution in [2.75, 3.05) is 13.2 Å². The minimum absolute atomic E-state index is 0. The Bertz CT molecular complexity index is 129. The summed E-state index contributed by atoms with van der Waals surface area (Å²) in [6.45, 7) is 7.94. The van der Waals surface area contributed by atoms with E-state index in [1.54, 1.807) is 0 Å². The standard InChI is InChI=1S/C8H14NO2.CH3.Y/c1-3-5-6-9-8(10)11-7-4-2;;/h4H,1-3,5-7H2,(H,9,10);1H3;/q2*-1;. The Labute approximate surface area is 106 Å². The first kappa shape index (κ1) is 18.8. The molecule has 0 aliphatic rings. The molecule has 13 heavy (non-hydrogen) atoms. The second kappa shape index (κ2) is 14.6. The van der Waals surface area contributed by atoms with Gasteiger partial charge in [0, 0.05) is 39.3 Å². The van der Waals surface area contributed by atoms with Crippen molar-refractivity contribution >= 4 is 6.09 Å². The van der Waals surface area contributed by atoms with Crippen LogP contribution in [-0.2, 0) is 37.4 Å². The van der Waals surface area contributed by atoms with Gasteiger partial charge < -0.3 is 24.4 Å². The van der Waals surface area contributed by atoms with Gasteiger partial charge in [0.1, 0.15) is 6.61 Å². The van der Waals surface area contributed by atoms with Gasteiger partial charge in [-0.3, -0.25) is 0 Å². The van der Waals surface area contributed by atoms with Crippen molar-refractivity contribution in [3.05, 3.63) is 27.0 Å². The van der Waals surface area contributed by atoms with Crippen molar-refractivity contribution in [2.24, 2.45) is 0 Å². The Morgan fingerprint density at radius 1 is 1.62 bits per heavy atom. The van der Waals surface area contributed by atoms with Gasteiger partial charge in [0.2, 0.25) is 0 Å².